The van der Waals surface area contributed by atoms with Crippen molar-refractivity contribution in [3.8, 4) is 5.75 Å². The second kappa shape index (κ2) is 7.93. The molecular weight excluding hydrogens is 324 g/mol. The largest absolute Gasteiger partial charge is 0.482 e. The molecule has 0 atom stereocenters. The van der Waals surface area contributed by atoms with Crippen LogP contribution in [0.3, 0.4) is 0 Å². The van der Waals surface area contributed by atoms with Crippen LogP contribution in [0.15, 0.2) is 24.3 Å². The fraction of sp³-hybridized carbons (Fsp3) is 0.429. The lowest BCUT2D eigenvalue weighted by Gasteiger charge is -2.21. The highest BCUT2D eigenvalue weighted by molar-refractivity contribution is 7.89. The highest BCUT2D eigenvalue weighted by Crippen LogP contribution is 2.19. The standard InChI is InChI=1S/C14H20N2O6S/c1-4-23(20,21)15(2)9-13(17)16(3)11-5-7-12(8-6-11)22-10-14(18)19/h5-8H,4,9-10H2,1-3H3,(H,18,19). The summed E-state index contributed by atoms with van der Waals surface area (Å²) in [6, 6.07) is 6.25. The Morgan fingerprint density at radius 1 is 1.17 bits per heavy atom. The second-order valence-electron chi connectivity index (χ2n) is 4.79. The minimum Gasteiger partial charge on any atom is -0.482 e. The van der Waals surface area contributed by atoms with Gasteiger partial charge in [0.05, 0.1) is 12.3 Å². The van der Waals surface area contributed by atoms with Crippen LogP contribution in [-0.4, -0.2) is 62.7 Å². The molecule has 0 spiro atoms. The summed E-state index contributed by atoms with van der Waals surface area (Å²) in [5.74, 6) is -1.18. The number of nitrogens with zero attached hydrogens (tertiary/aromatic N) is 2. The fourth-order valence-electron chi connectivity index (χ4n) is 1.67. The molecule has 8 nitrogen and oxygen atoms in total. The highest BCUT2D eigenvalue weighted by atomic mass is 32.2. The van der Waals surface area contributed by atoms with Gasteiger partial charge < -0.3 is 14.7 Å². The number of rotatable bonds is 8. The smallest absolute Gasteiger partial charge is 0.341 e. The molecule has 23 heavy (non-hydrogen) atoms. The number of carboxylic acids is 1. The average Bonchev–Trinajstić information content (AvgIpc) is 2.52. The fourth-order valence-corrected chi connectivity index (χ4v) is 2.42. The van der Waals surface area contributed by atoms with Crippen LogP contribution in [0.5, 0.6) is 5.75 Å². The molecule has 1 aromatic carbocycles. The Morgan fingerprint density at radius 3 is 2.22 bits per heavy atom. The summed E-state index contributed by atoms with van der Waals surface area (Å²) >= 11 is 0. The monoisotopic (exact) mass is 344 g/mol. The molecule has 0 aromatic heterocycles. The molecule has 0 aliphatic heterocycles. The van der Waals surface area contributed by atoms with Crippen LogP contribution in [0.4, 0.5) is 5.69 Å². The van der Waals surface area contributed by atoms with E-state index in [9.17, 15) is 18.0 Å². The van der Waals surface area contributed by atoms with Crippen molar-refractivity contribution in [3.63, 3.8) is 0 Å². The van der Waals surface area contributed by atoms with E-state index in [1.807, 2.05) is 0 Å². The van der Waals surface area contributed by atoms with Crippen LogP contribution in [0, 0.1) is 0 Å². The normalized spacial score (nSPS) is 11.3. The predicted octanol–water partition coefficient (Wildman–Crippen LogP) is 0.394. The number of hydrogen-bond donors (Lipinski definition) is 1. The van der Waals surface area contributed by atoms with Gasteiger partial charge in [-0.3, -0.25) is 4.79 Å². The van der Waals surface area contributed by atoms with Gasteiger partial charge >= 0.3 is 5.97 Å². The van der Waals surface area contributed by atoms with E-state index < -0.39 is 22.6 Å². The lowest BCUT2D eigenvalue weighted by molar-refractivity contribution is -0.139. The SMILES string of the molecule is CCS(=O)(=O)N(C)CC(=O)N(C)c1ccc(OCC(=O)O)cc1. The summed E-state index contributed by atoms with van der Waals surface area (Å²) in [6.45, 7) is 0.799. The summed E-state index contributed by atoms with van der Waals surface area (Å²) in [5, 5.41) is 8.53. The number of sulfonamides is 1. The van der Waals surface area contributed by atoms with Crippen molar-refractivity contribution in [2.75, 3.05) is 37.9 Å². The minimum atomic E-state index is -3.42. The third kappa shape index (κ3) is 5.53. The van der Waals surface area contributed by atoms with Gasteiger partial charge in [-0.2, -0.15) is 4.31 Å². The third-order valence-corrected chi connectivity index (χ3v) is 4.97. The molecule has 0 radical (unpaired) electrons. The molecule has 0 unspecified atom stereocenters. The van der Waals surface area contributed by atoms with Crippen molar-refractivity contribution in [3.05, 3.63) is 24.3 Å². The number of benzene rings is 1. The number of likely N-dealkylation sites (N-methyl/N-ethyl adjacent to an activating group) is 2. The topological polar surface area (TPSA) is 104 Å². The quantitative estimate of drug-likeness (QED) is 0.732. The number of aliphatic carboxylic acids is 1. The van der Waals surface area contributed by atoms with Gasteiger partial charge in [-0.25, -0.2) is 13.2 Å². The summed E-state index contributed by atoms with van der Waals surface area (Å²) in [7, 11) is -0.537. The first kappa shape index (κ1) is 18.9. The van der Waals surface area contributed by atoms with E-state index in [0.717, 1.165) is 4.31 Å². The molecule has 1 amide bonds. The Bertz CT molecular complexity index is 656. The zero-order valence-electron chi connectivity index (χ0n) is 13.2. The minimum absolute atomic E-state index is 0.0733. The Hall–Kier alpha value is -2.13. The lowest BCUT2D eigenvalue weighted by Crippen LogP contribution is -2.40. The second-order valence-corrected chi connectivity index (χ2v) is 7.15. The van der Waals surface area contributed by atoms with Gasteiger partial charge in [-0.1, -0.05) is 0 Å². The number of anilines is 1. The van der Waals surface area contributed by atoms with Crippen LogP contribution in [0.25, 0.3) is 0 Å². The number of ether oxygens (including phenoxy) is 1. The van der Waals surface area contributed by atoms with E-state index in [1.165, 1.54) is 38.1 Å². The molecule has 0 bridgehead atoms. The molecule has 1 aromatic rings. The van der Waals surface area contributed by atoms with Gasteiger partial charge in [0.15, 0.2) is 6.61 Å². The molecule has 0 aliphatic rings. The van der Waals surface area contributed by atoms with Gasteiger partial charge in [-0.15, -0.1) is 0 Å². The van der Waals surface area contributed by atoms with Crippen molar-refractivity contribution in [1.29, 1.82) is 0 Å². The van der Waals surface area contributed by atoms with Gasteiger partial charge in [0, 0.05) is 19.8 Å². The van der Waals surface area contributed by atoms with E-state index in [2.05, 4.69) is 0 Å². The van der Waals surface area contributed by atoms with Gasteiger partial charge in [-0.05, 0) is 31.2 Å². The molecule has 0 saturated heterocycles. The van der Waals surface area contributed by atoms with Crippen LogP contribution in [-0.2, 0) is 19.6 Å². The van der Waals surface area contributed by atoms with Crippen molar-refractivity contribution in [2.24, 2.45) is 0 Å². The Labute approximate surface area is 135 Å². The number of carbonyl (C=O) groups excluding carboxylic acids is 1. The Balaban J connectivity index is 2.71. The van der Waals surface area contributed by atoms with E-state index in [0.29, 0.717) is 11.4 Å². The maximum atomic E-state index is 12.1. The first-order chi connectivity index (χ1) is 10.7. The first-order valence-electron chi connectivity index (χ1n) is 6.82. The Kier molecular flexibility index (Phi) is 6.52. The highest BCUT2D eigenvalue weighted by Gasteiger charge is 2.21. The number of carboxylic acid groups (broad SMARTS) is 1. The summed E-state index contributed by atoms with van der Waals surface area (Å²) in [6.07, 6.45) is 0. The van der Waals surface area contributed by atoms with Gasteiger partial charge in [0.1, 0.15) is 5.75 Å². The van der Waals surface area contributed by atoms with Gasteiger partial charge in [0.2, 0.25) is 15.9 Å². The number of hydrogen-bond acceptors (Lipinski definition) is 5. The molecule has 0 saturated carbocycles. The van der Waals surface area contributed by atoms with Crippen molar-refractivity contribution in [1.82, 2.24) is 4.31 Å². The van der Waals surface area contributed by atoms with Crippen LogP contribution < -0.4 is 9.64 Å². The van der Waals surface area contributed by atoms with Gasteiger partial charge in [0.25, 0.3) is 0 Å². The number of carbonyl (C=O) groups is 2. The molecule has 0 aliphatic carbocycles. The molecule has 1 N–H and O–H groups in total. The third-order valence-electron chi connectivity index (χ3n) is 3.16. The van der Waals surface area contributed by atoms with Crippen molar-refractivity contribution >= 4 is 27.6 Å². The molecule has 9 heteroatoms. The molecule has 0 heterocycles. The molecule has 0 fully saturated rings. The zero-order chi connectivity index (χ0) is 17.6. The van der Waals surface area contributed by atoms with E-state index in [1.54, 1.807) is 12.1 Å². The van der Waals surface area contributed by atoms with Crippen molar-refractivity contribution < 1.29 is 27.9 Å². The van der Waals surface area contributed by atoms with E-state index in [4.69, 9.17) is 9.84 Å². The molecule has 1 rings (SSSR count). The summed E-state index contributed by atoms with van der Waals surface area (Å²) in [4.78, 5) is 23.9. The first-order valence-corrected chi connectivity index (χ1v) is 8.43. The van der Waals surface area contributed by atoms with E-state index >= 15 is 0 Å². The van der Waals surface area contributed by atoms with E-state index in [-0.39, 0.29) is 18.2 Å². The average molecular weight is 344 g/mol. The van der Waals surface area contributed by atoms with Crippen LogP contribution in [0.1, 0.15) is 6.92 Å². The maximum absolute atomic E-state index is 12.1. The van der Waals surface area contributed by atoms with Crippen LogP contribution >= 0.6 is 0 Å². The maximum Gasteiger partial charge on any atom is 0.341 e. The Morgan fingerprint density at radius 2 is 1.74 bits per heavy atom. The zero-order valence-corrected chi connectivity index (χ0v) is 14.0. The predicted molar refractivity (Wildman–Crippen MR) is 85.1 cm³/mol. The summed E-state index contributed by atoms with van der Waals surface area (Å²) < 4.78 is 29.3. The lowest BCUT2D eigenvalue weighted by atomic mass is 10.3. The molecular formula is C14H20N2O6S. The summed E-state index contributed by atoms with van der Waals surface area (Å²) in [5.41, 5.74) is 0.542. The van der Waals surface area contributed by atoms with Crippen molar-refractivity contribution in [2.45, 2.75) is 6.92 Å². The number of amides is 1. The van der Waals surface area contributed by atoms with Crippen LogP contribution in [0.2, 0.25) is 0 Å². The molecule has 128 valence electrons.